The van der Waals surface area contributed by atoms with E-state index in [0.29, 0.717) is 0 Å². The molecule has 1 aliphatic rings. The van der Waals surface area contributed by atoms with E-state index >= 15 is 0 Å². The number of aliphatic hydroxyl groups excluding tert-OH is 1. The van der Waals surface area contributed by atoms with Gasteiger partial charge >= 0.3 is 0 Å². The third-order valence-electron chi connectivity index (χ3n) is 2.60. The number of hydrogen-bond donors (Lipinski definition) is 2. The molecule has 5 nitrogen and oxygen atoms in total. The van der Waals surface area contributed by atoms with Gasteiger partial charge in [0.05, 0.1) is 12.4 Å². The van der Waals surface area contributed by atoms with E-state index in [0.717, 1.165) is 18.9 Å². The molecule has 0 bridgehead atoms. The van der Waals surface area contributed by atoms with E-state index in [1.165, 1.54) is 25.5 Å². The normalized spacial score (nSPS) is 17.1. The minimum absolute atomic E-state index is 0.191. The largest absolute Gasteiger partial charge is 0.363 e. The van der Waals surface area contributed by atoms with Crippen molar-refractivity contribution in [3.05, 3.63) is 18.1 Å². The molecule has 2 rings (SSSR count). The molecule has 0 spiro atoms. The molecule has 0 aliphatic carbocycles. The van der Waals surface area contributed by atoms with Gasteiger partial charge in [-0.15, -0.1) is 0 Å². The molecule has 15 heavy (non-hydrogen) atoms. The van der Waals surface area contributed by atoms with E-state index in [-0.39, 0.29) is 5.69 Å². The molecule has 82 valence electrons. The highest BCUT2D eigenvalue weighted by molar-refractivity contribution is 5.36. The summed E-state index contributed by atoms with van der Waals surface area (Å²) in [5.74, 6) is 0.819. The van der Waals surface area contributed by atoms with Crippen molar-refractivity contribution in [3.8, 4) is 0 Å². The summed E-state index contributed by atoms with van der Waals surface area (Å²) >= 11 is 0. The molecule has 2 N–H and O–H groups in total. The first-order valence-electron chi connectivity index (χ1n) is 5.20. The quantitative estimate of drug-likeness (QED) is 0.692. The summed E-state index contributed by atoms with van der Waals surface area (Å²) in [4.78, 5) is 10.3. The number of aliphatic hydroxyl groups is 2. The van der Waals surface area contributed by atoms with Crippen LogP contribution < -0.4 is 4.90 Å². The van der Waals surface area contributed by atoms with Gasteiger partial charge in [-0.25, -0.2) is 4.98 Å². The number of piperidine rings is 1. The molecule has 1 fully saturated rings. The highest BCUT2D eigenvalue weighted by Gasteiger charge is 2.13. The maximum absolute atomic E-state index is 8.86. The average molecular weight is 209 g/mol. The van der Waals surface area contributed by atoms with E-state index in [2.05, 4.69) is 14.9 Å². The van der Waals surface area contributed by atoms with Crippen LogP contribution in [0.25, 0.3) is 0 Å². The van der Waals surface area contributed by atoms with Crippen molar-refractivity contribution < 1.29 is 10.2 Å². The van der Waals surface area contributed by atoms with Crippen LogP contribution in [0.2, 0.25) is 0 Å². The second kappa shape index (κ2) is 4.55. The Morgan fingerprint density at radius 3 is 2.33 bits per heavy atom. The van der Waals surface area contributed by atoms with Crippen LogP contribution in [0.4, 0.5) is 5.82 Å². The monoisotopic (exact) mass is 209 g/mol. The molecular formula is C10H15N3O2. The molecule has 0 radical (unpaired) electrons. The Morgan fingerprint density at radius 2 is 1.80 bits per heavy atom. The predicted molar refractivity (Wildman–Crippen MR) is 55.3 cm³/mol. The Balaban J connectivity index is 2.08. The summed E-state index contributed by atoms with van der Waals surface area (Å²) in [5, 5.41) is 17.7. The molecule has 1 saturated heterocycles. The Kier molecular flexibility index (Phi) is 3.13. The van der Waals surface area contributed by atoms with Gasteiger partial charge in [-0.2, -0.15) is 0 Å². The molecule has 1 aromatic rings. The van der Waals surface area contributed by atoms with Crippen molar-refractivity contribution in [2.24, 2.45) is 0 Å². The van der Waals surface area contributed by atoms with Crippen molar-refractivity contribution in [3.63, 3.8) is 0 Å². The third kappa shape index (κ3) is 2.43. The van der Waals surface area contributed by atoms with Crippen LogP contribution in [0, 0.1) is 0 Å². The number of nitrogens with zero attached hydrogens (tertiary/aromatic N) is 3. The minimum Gasteiger partial charge on any atom is -0.363 e. The summed E-state index contributed by atoms with van der Waals surface area (Å²) in [6, 6.07) is 0. The fourth-order valence-corrected chi connectivity index (χ4v) is 1.75. The lowest BCUT2D eigenvalue weighted by Crippen LogP contribution is -2.30. The molecule has 0 unspecified atom stereocenters. The maximum atomic E-state index is 8.86. The molecule has 5 heteroatoms. The zero-order valence-corrected chi connectivity index (χ0v) is 8.50. The SMILES string of the molecule is OC(O)c1cnc(N2CCCCC2)cn1. The van der Waals surface area contributed by atoms with Gasteiger partial charge in [-0.05, 0) is 19.3 Å². The van der Waals surface area contributed by atoms with Gasteiger partial charge in [-0.1, -0.05) is 0 Å². The van der Waals surface area contributed by atoms with Gasteiger partial charge in [0.15, 0.2) is 6.29 Å². The Morgan fingerprint density at radius 1 is 1.07 bits per heavy atom. The molecule has 0 saturated carbocycles. The maximum Gasteiger partial charge on any atom is 0.197 e. The van der Waals surface area contributed by atoms with Crippen molar-refractivity contribution >= 4 is 5.82 Å². The number of hydrogen-bond acceptors (Lipinski definition) is 5. The van der Waals surface area contributed by atoms with E-state index in [1.807, 2.05) is 0 Å². The topological polar surface area (TPSA) is 69.5 Å². The first-order valence-corrected chi connectivity index (χ1v) is 5.20. The third-order valence-corrected chi connectivity index (χ3v) is 2.60. The molecule has 1 aliphatic heterocycles. The molecule has 2 heterocycles. The van der Waals surface area contributed by atoms with Crippen LogP contribution in [0.15, 0.2) is 12.4 Å². The highest BCUT2D eigenvalue weighted by Crippen LogP contribution is 2.17. The zero-order chi connectivity index (χ0) is 10.7. The van der Waals surface area contributed by atoms with E-state index < -0.39 is 6.29 Å². The van der Waals surface area contributed by atoms with Crippen LogP contribution in [0.5, 0.6) is 0 Å². The van der Waals surface area contributed by atoms with E-state index in [9.17, 15) is 0 Å². The summed E-state index contributed by atoms with van der Waals surface area (Å²) < 4.78 is 0. The Hall–Kier alpha value is -1.20. The van der Waals surface area contributed by atoms with Gasteiger partial charge < -0.3 is 15.1 Å². The van der Waals surface area contributed by atoms with Gasteiger partial charge in [0.2, 0.25) is 0 Å². The lowest BCUT2D eigenvalue weighted by molar-refractivity contribution is -0.0460. The van der Waals surface area contributed by atoms with E-state index in [4.69, 9.17) is 10.2 Å². The smallest absolute Gasteiger partial charge is 0.197 e. The lowest BCUT2D eigenvalue weighted by Gasteiger charge is -2.27. The number of aromatic nitrogens is 2. The number of anilines is 1. The van der Waals surface area contributed by atoms with Gasteiger partial charge in [0.25, 0.3) is 0 Å². The Bertz CT molecular complexity index is 307. The lowest BCUT2D eigenvalue weighted by atomic mass is 10.1. The van der Waals surface area contributed by atoms with Gasteiger partial charge in [0, 0.05) is 13.1 Å². The summed E-state index contributed by atoms with van der Waals surface area (Å²) in [6.07, 6.45) is 5.12. The standard InChI is InChI=1S/C10H15N3O2/c14-10(15)8-6-12-9(7-11-8)13-4-2-1-3-5-13/h6-7,10,14-15H,1-5H2. The fourth-order valence-electron chi connectivity index (χ4n) is 1.75. The minimum atomic E-state index is -1.53. The second-order valence-corrected chi connectivity index (χ2v) is 3.72. The van der Waals surface area contributed by atoms with Gasteiger partial charge in [-0.3, -0.25) is 4.98 Å². The molecule has 0 amide bonds. The van der Waals surface area contributed by atoms with Crippen LogP contribution in [-0.4, -0.2) is 33.3 Å². The van der Waals surface area contributed by atoms with Crippen molar-refractivity contribution in [1.29, 1.82) is 0 Å². The average Bonchev–Trinajstić information content (AvgIpc) is 2.30. The summed E-state index contributed by atoms with van der Waals surface area (Å²) in [5.41, 5.74) is 0.191. The molecule has 1 aromatic heterocycles. The molecule has 0 aromatic carbocycles. The fraction of sp³-hybridized carbons (Fsp3) is 0.600. The Labute approximate surface area is 88.4 Å². The zero-order valence-electron chi connectivity index (χ0n) is 8.50. The molecular weight excluding hydrogens is 194 g/mol. The van der Waals surface area contributed by atoms with Crippen molar-refractivity contribution in [2.75, 3.05) is 18.0 Å². The highest BCUT2D eigenvalue weighted by atomic mass is 16.5. The predicted octanol–water partition coefficient (Wildman–Crippen LogP) is 0.450. The number of rotatable bonds is 2. The van der Waals surface area contributed by atoms with Crippen LogP contribution in [0.3, 0.4) is 0 Å². The summed E-state index contributed by atoms with van der Waals surface area (Å²) in [6.45, 7) is 2.02. The van der Waals surface area contributed by atoms with E-state index in [1.54, 1.807) is 6.20 Å². The second-order valence-electron chi connectivity index (χ2n) is 3.72. The van der Waals surface area contributed by atoms with Crippen LogP contribution in [0.1, 0.15) is 31.2 Å². The van der Waals surface area contributed by atoms with Crippen LogP contribution >= 0.6 is 0 Å². The van der Waals surface area contributed by atoms with Crippen molar-refractivity contribution in [2.45, 2.75) is 25.6 Å². The first-order chi connectivity index (χ1) is 7.27. The van der Waals surface area contributed by atoms with Crippen molar-refractivity contribution in [1.82, 2.24) is 9.97 Å². The first kappa shape index (κ1) is 10.3. The summed E-state index contributed by atoms with van der Waals surface area (Å²) in [7, 11) is 0. The van der Waals surface area contributed by atoms with Crippen LogP contribution in [-0.2, 0) is 0 Å². The molecule has 0 atom stereocenters. The van der Waals surface area contributed by atoms with Gasteiger partial charge in [0.1, 0.15) is 11.5 Å².